The summed E-state index contributed by atoms with van der Waals surface area (Å²) in [7, 11) is 0. The van der Waals surface area contributed by atoms with Crippen molar-refractivity contribution in [3.05, 3.63) is 91.5 Å². The predicted molar refractivity (Wildman–Crippen MR) is 358 cm³/mol. The Morgan fingerprint density at radius 3 is 1.77 bits per heavy atom. The fourth-order valence-corrected chi connectivity index (χ4v) is 11.4. The van der Waals surface area contributed by atoms with Crippen LogP contribution >= 0.6 is 0 Å². The number of urea groups is 1. The van der Waals surface area contributed by atoms with Crippen molar-refractivity contribution in [3.8, 4) is 11.4 Å². The first kappa shape index (κ1) is 79.0. The maximum Gasteiger partial charge on any atom is 0.407 e. The van der Waals surface area contributed by atoms with Crippen molar-refractivity contribution in [1.29, 1.82) is 0 Å². The lowest BCUT2D eigenvalue weighted by Crippen LogP contribution is -2.54. The van der Waals surface area contributed by atoms with Crippen LogP contribution in [0.5, 0.6) is 0 Å². The molecule has 0 radical (unpaired) electrons. The zero-order valence-electron chi connectivity index (χ0n) is 57.6. The molecule has 1 aliphatic carbocycles. The van der Waals surface area contributed by atoms with Gasteiger partial charge in [0.25, 0.3) is 5.56 Å². The van der Waals surface area contributed by atoms with Crippen molar-refractivity contribution in [2.24, 2.45) is 11.7 Å². The van der Waals surface area contributed by atoms with Gasteiger partial charge < -0.3 is 104 Å². The van der Waals surface area contributed by atoms with Gasteiger partial charge in [-0.2, -0.15) is 0 Å². The van der Waals surface area contributed by atoms with E-state index in [1.165, 1.54) is 10.6 Å². The number of cyclic esters (lactones) is 1. The van der Waals surface area contributed by atoms with Gasteiger partial charge in [-0.3, -0.25) is 19.2 Å². The average molecular weight is 1400 g/mol. The number of carbonyl (C=O) groups excluding carboxylic acids is 6. The molecule has 0 spiro atoms. The lowest BCUT2D eigenvalue weighted by atomic mass is 9.81. The highest BCUT2D eigenvalue weighted by Gasteiger charge is 2.46. The summed E-state index contributed by atoms with van der Waals surface area (Å²) in [6.45, 7) is 18.2. The van der Waals surface area contributed by atoms with E-state index in [1.54, 1.807) is 58.0 Å². The first-order valence-corrected chi connectivity index (χ1v) is 34.1. The van der Waals surface area contributed by atoms with Crippen LogP contribution in [-0.4, -0.2) is 214 Å². The van der Waals surface area contributed by atoms with Crippen LogP contribution in [0.15, 0.2) is 41.2 Å². The summed E-state index contributed by atoms with van der Waals surface area (Å²) < 4.78 is 88.5. The third-order valence-electron chi connectivity index (χ3n) is 16.7. The molecule has 7 rings (SSSR count). The van der Waals surface area contributed by atoms with Crippen molar-refractivity contribution < 1.29 is 99.8 Å². The quantitative estimate of drug-likeness (QED) is 0.0209. The fraction of sp³-hybridized carbons (Fsp3) is 0.623. The molecule has 99 heavy (non-hydrogen) atoms. The third-order valence-corrected chi connectivity index (χ3v) is 16.7. The van der Waals surface area contributed by atoms with Crippen LogP contribution in [0.3, 0.4) is 0 Å². The number of anilines is 1. The number of aryl methyl sites for hydroxylation is 1. The van der Waals surface area contributed by atoms with Gasteiger partial charge in [-0.1, -0.05) is 39.8 Å². The minimum Gasteiger partial charge on any atom is -0.458 e. The molecular formula is C69H99FN8O21. The van der Waals surface area contributed by atoms with E-state index in [1.807, 2.05) is 0 Å². The number of pyridine rings is 2. The second-order valence-electron chi connectivity index (χ2n) is 24.1. The van der Waals surface area contributed by atoms with Gasteiger partial charge in [-0.15, -0.1) is 0 Å². The number of fused-ring (bicyclic) bond motifs is 5. The van der Waals surface area contributed by atoms with E-state index in [0.29, 0.717) is 182 Å². The summed E-state index contributed by atoms with van der Waals surface area (Å²) in [5.74, 6) is -3.31. The van der Waals surface area contributed by atoms with Crippen molar-refractivity contribution in [2.75, 3.05) is 157 Å². The number of nitrogens with zero attached hydrogens (tertiary/aromatic N) is 2. The summed E-state index contributed by atoms with van der Waals surface area (Å²) in [4.78, 5) is 97.6. The van der Waals surface area contributed by atoms with Gasteiger partial charge in [-0.05, 0) is 91.8 Å². The second-order valence-corrected chi connectivity index (χ2v) is 24.1. The molecule has 0 saturated heterocycles. The normalized spacial score (nSPS) is 15.8. The Bertz CT molecular complexity index is 3320. The number of halogens is 1. The molecule has 2 aromatic heterocycles. The van der Waals surface area contributed by atoms with Crippen LogP contribution in [0, 0.1) is 18.7 Å². The van der Waals surface area contributed by atoms with Gasteiger partial charge >= 0.3 is 18.1 Å². The number of ether oxygens (including phenoxy) is 13. The molecule has 4 aromatic rings. The first-order chi connectivity index (χ1) is 47.9. The molecule has 2 aliphatic heterocycles. The molecule has 548 valence electrons. The van der Waals surface area contributed by atoms with Crippen molar-refractivity contribution in [2.45, 2.75) is 123 Å². The van der Waals surface area contributed by atoms with E-state index >= 15 is 4.39 Å². The van der Waals surface area contributed by atoms with Gasteiger partial charge in [0.15, 0.2) is 5.60 Å². The molecule has 29 nitrogen and oxygen atoms in total. The van der Waals surface area contributed by atoms with Crippen LogP contribution < -0.4 is 37.9 Å². The number of nitrogens with one attached hydrogen (secondary N) is 5. The summed E-state index contributed by atoms with van der Waals surface area (Å²) in [5, 5.41) is 25.9. The zero-order chi connectivity index (χ0) is 70.9. The first-order valence-electron chi connectivity index (χ1n) is 34.1. The molecule has 4 atom stereocenters. The van der Waals surface area contributed by atoms with Gasteiger partial charge in [-0.25, -0.2) is 23.8 Å². The summed E-state index contributed by atoms with van der Waals surface area (Å²) >= 11 is 0. The number of hydrogen-bond donors (Lipinski definition) is 7. The Morgan fingerprint density at radius 2 is 1.25 bits per heavy atom. The molecule has 30 heteroatoms. The second kappa shape index (κ2) is 42.1. The molecule has 8 N–H and O–H groups in total. The largest absolute Gasteiger partial charge is 0.458 e. The zero-order valence-corrected chi connectivity index (χ0v) is 57.6. The average Bonchev–Trinajstić information content (AvgIpc) is 1.60. The summed E-state index contributed by atoms with van der Waals surface area (Å²) in [5.41, 5.74) is 7.46. The number of alkyl carbamates (subject to hydrolysis) is 1. The minimum absolute atomic E-state index is 0.0439. The molecule has 3 aliphatic rings. The van der Waals surface area contributed by atoms with Crippen molar-refractivity contribution in [3.63, 3.8) is 0 Å². The van der Waals surface area contributed by atoms with Crippen molar-refractivity contribution >= 4 is 52.4 Å². The van der Waals surface area contributed by atoms with E-state index < -0.39 is 70.9 Å². The lowest BCUT2D eigenvalue weighted by molar-refractivity contribution is -0.172. The maximum atomic E-state index is 15.5. The lowest BCUT2D eigenvalue weighted by Gasteiger charge is -2.31. The summed E-state index contributed by atoms with van der Waals surface area (Å²) in [6.07, 6.45) is 1.29. The Kier molecular flexibility index (Phi) is 33.6. The number of carbonyl (C=O) groups is 6. The number of benzene rings is 2. The molecule has 1 unspecified atom stereocenters. The highest BCUT2D eigenvalue weighted by molar-refractivity contribution is 5.99. The smallest absolute Gasteiger partial charge is 0.407 e. The molecule has 0 saturated carbocycles. The van der Waals surface area contributed by atoms with E-state index in [-0.39, 0.29) is 88.9 Å². The SMILES string of the molecule is CCCOCCOCCOCCOCCOCCOCCOCCOCCOCCOCCOCCC(=O)NC(C(=O)N[C@@H](CCCNC(N)=O)C(=O)Nc1ccc(COC(=O)N[C@H]2CCc3c(C)c(F)cc4nc5c(c2c34)Cn2c-5cc3c(c2=O)COC(=O)[C@]3(O)CC)cc1)C(C)C. The molecule has 2 aromatic carbocycles. The predicted octanol–water partition coefficient (Wildman–Crippen LogP) is 4.44. The van der Waals surface area contributed by atoms with Crippen molar-refractivity contribution in [1.82, 2.24) is 30.8 Å². The highest BCUT2D eigenvalue weighted by atomic mass is 19.1. The summed E-state index contributed by atoms with van der Waals surface area (Å²) in [6, 6.07) is 5.89. The van der Waals surface area contributed by atoms with Crippen LogP contribution in [0.25, 0.3) is 22.3 Å². The number of esters is 1. The molecule has 0 fully saturated rings. The minimum atomic E-state index is -2.05. The Morgan fingerprint density at radius 1 is 0.717 bits per heavy atom. The van der Waals surface area contributed by atoms with Gasteiger partial charge in [0.2, 0.25) is 17.7 Å². The Labute approximate surface area is 575 Å². The Hall–Kier alpha value is -7.33. The molecule has 0 bridgehead atoms. The van der Waals surface area contributed by atoms with Gasteiger partial charge in [0.1, 0.15) is 31.1 Å². The van der Waals surface area contributed by atoms with E-state index in [9.17, 15) is 38.7 Å². The number of aromatic nitrogens is 2. The maximum absolute atomic E-state index is 15.5. The van der Waals surface area contributed by atoms with Gasteiger partial charge in [0, 0.05) is 47.8 Å². The Balaban J connectivity index is 0.749. The topological polar surface area (TPSA) is 364 Å². The van der Waals surface area contributed by atoms with Crippen LogP contribution in [0.4, 0.5) is 19.7 Å². The van der Waals surface area contributed by atoms with E-state index in [2.05, 4.69) is 33.5 Å². The van der Waals surface area contributed by atoms with Gasteiger partial charge in [0.05, 0.1) is 174 Å². The number of amides is 6. The number of rotatable bonds is 49. The van der Waals surface area contributed by atoms with Crippen LogP contribution in [-0.2, 0) is 113 Å². The van der Waals surface area contributed by atoms with E-state index in [0.717, 1.165) is 18.6 Å². The fourth-order valence-electron chi connectivity index (χ4n) is 11.4. The standard InChI is InChI=1S/C69H99FN8O21/c1-6-18-87-20-22-89-24-26-91-28-30-93-32-34-95-36-38-97-39-37-96-35-33-94-31-29-92-27-25-90-23-21-88-19-16-58(79)77-61(45(3)4)64(81)75-55(9-8-17-72-67(71)84)63(80)73-48-12-10-47(11-13-48)43-99-68(85)76-54-15-14-49-46(5)53(70)41-56-59(49)60(54)50-42-78-57(62(50)74-56)40-52-51(65(78)82)44-98-66(83)69(52,86)7-2/h10-13,40-41,45,54-55,61,86H,6-9,14-39,42-44H2,1-5H3,(H,73,80)(H,75,81)(H,76,85)(H,77,79)(H3,71,72,84)/t54-,55-,61?,69-/m0/s1. The van der Waals surface area contributed by atoms with Crippen LogP contribution in [0.1, 0.15) is 111 Å². The monoisotopic (exact) mass is 1390 g/mol. The number of aliphatic hydroxyl groups is 1. The van der Waals surface area contributed by atoms with Crippen LogP contribution in [0.2, 0.25) is 0 Å². The number of primary amides is 1. The number of nitrogens with two attached hydrogens (primary N) is 1. The highest BCUT2D eigenvalue weighted by Crippen LogP contribution is 2.46. The van der Waals surface area contributed by atoms with E-state index in [4.69, 9.17) is 72.3 Å². The number of hydrogen-bond acceptors (Lipinski definition) is 22. The molecular weight excluding hydrogens is 1300 g/mol. The molecule has 6 amide bonds. The molecule has 4 heterocycles. The third kappa shape index (κ3) is 24.2.